The summed E-state index contributed by atoms with van der Waals surface area (Å²) in [5.74, 6) is 0.667. The second-order valence-corrected chi connectivity index (χ2v) is 5.85. The predicted octanol–water partition coefficient (Wildman–Crippen LogP) is 3.79. The van der Waals surface area contributed by atoms with Gasteiger partial charge in [-0.1, -0.05) is 42.0 Å². The molecule has 0 saturated carbocycles. The van der Waals surface area contributed by atoms with Gasteiger partial charge in [-0.05, 0) is 36.3 Å². The Morgan fingerprint density at radius 3 is 2.59 bits per heavy atom. The van der Waals surface area contributed by atoms with Gasteiger partial charge in [0.2, 0.25) is 0 Å². The first kappa shape index (κ1) is 19.8. The van der Waals surface area contributed by atoms with Gasteiger partial charge in [0.1, 0.15) is 18.2 Å². The number of carbonyl (C=O) groups excluding carboxylic acids is 1. The molecule has 0 atom stereocenters. The van der Waals surface area contributed by atoms with Gasteiger partial charge >= 0.3 is 0 Å². The van der Waals surface area contributed by atoms with Gasteiger partial charge in [-0.2, -0.15) is 5.26 Å². The molecule has 2 aromatic rings. The highest BCUT2D eigenvalue weighted by atomic mass is 16.5. The minimum absolute atomic E-state index is 0.00669. The summed E-state index contributed by atoms with van der Waals surface area (Å²) >= 11 is 0. The van der Waals surface area contributed by atoms with Crippen molar-refractivity contribution in [1.29, 1.82) is 5.26 Å². The molecule has 5 heteroatoms. The van der Waals surface area contributed by atoms with Crippen molar-refractivity contribution in [3.05, 3.63) is 77.4 Å². The highest BCUT2D eigenvalue weighted by Crippen LogP contribution is 2.29. The standard InChI is InChI=1S/C22H22N2O3/c1-4-11-24-22(25)19(14-23)12-18-9-10-20(21(13-18)26-3)27-15-17-7-5-16(2)6-8-17/h4-10,12-13H,1,11,15H2,2-3H3,(H,24,25)/b19-12-. The molecule has 0 heterocycles. The number of nitriles is 1. The molecule has 1 amide bonds. The van der Waals surface area contributed by atoms with Gasteiger partial charge in [0.25, 0.3) is 5.91 Å². The molecule has 138 valence electrons. The quantitative estimate of drug-likeness (QED) is 0.441. The van der Waals surface area contributed by atoms with E-state index >= 15 is 0 Å². The van der Waals surface area contributed by atoms with Gasteiger partial charge in [0.15, 0.2) is 11.5 Å². The molecule has 1 N–H and O–H groups in total. The Balaban J connectivity index is 2.15. The van der Waals surface area contributed by atoms with Gasteiger partial charge in [0.05, 0.1) is 7.11 Å². The Morgan fingerprint density at radius 2 is 1.96 bits per heavy atom. The summed E-state index contributed by atoms with van der Waals surface area (Å²) in [7, 11) is 1.55. The fraction of sp³-hybridized carbons (Fsp3) is 0.182. The summed E-state index contributed by atoms with van der Waals surface area (Å²) in [6.45, 7) is 6.28. The van der Waals surface area contributed by atoms with Gasteiger partial charge in [0, 0.05) is 6.54 Å². The highest BCUT2D eigenvalue weighted by Gasteiger charge is 2.10. The first-order valence-corrected chi connectivity index (χ1v) is 8.44. The van der Waals surface area contributed by atoms with Crippen LogP contribution in [0.1, 0.15) is 16.7 Å². The van der Waals surface area contributed by atoms with Crippen molar-refractivity contribution < 1.29 is 14.3 Å². The van der Waals surface area contributed by atoms with Crippen LogP contribution in [0.2, 0.25) is 0 Å². The van der Waals surface area contributed by atoms with Crippen LogP contribution >= 0.6 is 0 Å². The molecule has 0 unspecified atom stereocenters. The second kappa shape index (κ2) is 9.83. The van der Waals surface area contributed by atoms with Gasteiger partial charge < -0.3 is 14.8 Å². The Labute approximate surface area is 159 Å². The zero-order valence-corrected chi connectivity index (χ0v) is 15.5. The lowest BCUT2D eigenvalue weighted by atomic mass is 10.1. The van der Waals surface area contributed by atoms with E-state index in [0.29, 0.717) is 30.2 Å². The molecule has 0 aromatic heterocycles. The summed E-state index contributed by atoms with van der Waals surface area (Å²) in [6.07, 6.45) is 3.06. The highest BCUT2D eigenvalue weighted by molar-refractivity contribution is 6.01. The number of nitrogens with zero attached hydrogens (tertiary/aromatic N) is 1. The Morgan fingerprint density at radius 1 is 1.22 bits per heavy atom. The number of hydrogen-bond acceptors (Lipinski definition) is 4. The maximum Gasteiger partial charge on any atom is 0.262 e. The number of hydrogen-bond donors (Lipinski definition) is 1. The number of methoxy groups -OCH3 is 1. The molecule has 0 aliphatic rings. The van der Waals surface area contributed by atoms with Crippen molar-refractivity contribution in [1.82, 2.24) is 5.32 Å². The third kappa shape index (κ3) is 5.75. The largest absolute Gasteiger partial charge is 0.493 e. The SMILES string of the molecule is C=CCNC(=O)/C(C#N)=C\c1ccc(OCc2ccc(C)cc2)c(OC)c1. The zero-order chi connectivity index (χ0) is 19.6. The molecule has 0 fully saturated rings. The van der Waals surface area contributed by atoms with Crippen molar-refractivity contribution in [2.45, 2.75) is 13.5 Å². The Bertz CT molecular complexity index is 877. The molecule has 5 nitrogen and oxygen atoms in total. The van der Waals surface area contributed by atoms with E-state index in [0.717, 1.165) is 5.56 Å². The maximum absolute atomic E-state index is 11.9. The number of nitrogens with one attached hydrogen (secondary N) is 1. The van der Waals surface area contributed by atoms with Crippen LogP contribution in [0.3, 0.4) is 0 Å². The lowest BCUT2D eigenvalue weighted by Gasteiger charge is -2.12. The zero-order valence-electron chi connectivity index (χ0n) is 15.5. The fourth-order valence-corrected chi connectivity index (χ4v) is 2.31. The average Bonchev–Trinajstić information content (AvgIpc) is 2.70. The number of ether oxygens (including phenoxy) is 2. The van der Waals surface area contributed by atoms with Crippen LogP contribution in [-0.2, 0) is 11.4 Å². The minimum Gasteiger partial charge on any atom is -0.493 e. The van der Waals surface area contributed by atoms with Gasteiger partial charge in [-0.3, -0.25) is 4.79 Å². The summed E-state index contributed by atoms with van der Waals surface area (Å²) in [5.41, 5.74) is 2.92. The molecule has 2 rings (SSSR count). The first-order chi connectivity index (χ1) is 13.1. The molecule has 0 aliphatic carbocycles. The monoisotopic (exact) mass is 362 g/mol. The Kier molecular flexibility index (Phi) is 7.21. The van der Waals surface area contributed by atoms with Gasteiger partial charge in [-0.25, -0.2) is 0 Å². The second-order valence-electron chi connectivity index (χ2n) is 5.85. The van der Waals surface area contributed by atoms with Crippen LogP contribution in [0.25, 0.3) is 6.08 Å². The smallest absolute Gasteiger partial charge is 0.262 e. The molecular formula is C22H22N2O3. The number of aryl methyl sites for hydroxylation is 1. The van der Waals surface area contributed by atoms with E-state index in [1.54, 1.807) is 31.4 Å². The predicted molar refractivity (Wildman–Crippen MR) is 105 cm³/mol. The average molecular weight is 362 g/mol. The molecule has 0 saturated heterocycles. The maximum atomic E-state index is 11.9. The molecule has 0 spiro atoms. The van der Waals surface area contributed by atoms with Crippen molar-refractivity contribution in [2.24, 2.45) is 0 Å². The van der Waals surface area contributed by atoms with Crippen molar-refractivity contribution >= 4 is 12.0 Å². The van der Waals surface area contributed by atoms with Crippen LogP contribution in [0, 0.1) is 18.3 Å². The Hall–Kier alpha value is -3.52. The van der Waals surface area contributed by atoms with Crippen LogP contribution in [-0.4, -0.2) is 19.6 Å². The van der Waals surface area contributed by atoms with E-state index in [9.17, 15) is 10.1 Å². The summed E-state index contributed by atoms with van der Waals surface area (Å²) in [4.78, 5) is 11.9. The van der Waals surface area contributed by atoms with Crippen LogP contribution < -0.4 is 14.8 Å². The van der Waals surface area contributed by atoms with E-state index in [1.165, 1.54) is 11.6 Å². The van der Waals surface area contributed by atoms with E-state index in [1.807, 2.05) is 37.3 Å². The van der Waals surface area contributed by atoms with E-state index < -0.39 is 5.91 Å². The fourth-order valence-electron chi connectivity index (χ4n) is 2.31. The number of rotatable bonds is 8. The molecule has 0 bridgehead atoms. The van der Waals surface area contributed by atoms with Crippen molar-refractivity contribution in [2.75, 3.05) is 13.7 Å². The topological polar surface area (TPSA) is 71.4 Å². The normalized spacial score (nSPS) is 10.6. The first-order valence-electron chi connectivity index (χ1n) is 8.44. The molecule has 2 aromatic carbocycles. The third-order valence-electron chi connectivity index (χ3n) is 3.79. The van der Waals surface area contributed by atoms with E-state index in [-0.39, 0.29) is 5.57 Å². The molecule has 0 aliphatic heterocycles. The van der Waals surface area contributed by atoms with Crippen LogP contribution in [0.5, 0.6) is 11.5 Å². The van der Waals surface area contributed by atoms with Crippen LogP contribution in [0.4, 0.5) is 0 Å². The van der Waals surface area contributed by atoms with Crippen LogP contribution in [0.15, 0.2) is 60.7 Å². The van der Waals surface area contributed by atoms with Crippen molar-refractivity contribution in [3.63, 3.8) is 0 Å². The summed E-state index contributed by atoms with van der Waals surface area (Å²) in [5, 5.41) is 11.8. The lowest BCUT2D eigenvalue weighted by Crippen LogP contribution is -2.24. The third-order valence-corrected chi connectivity index (χ3v) is 3.79. The van der Waals surface area contributed by atoms with Gasteiger partial charge in [-0.15, -0.1) is 6.58 Å². The number of amides is 1. The molecular weight excluding hydrogens is 340 g/mol. The van der Waals surface area contributed by atoms with Crippen molar-refractivity contribution in [3.8, 4) is 17.6 Å². The number of benzene rings is 2. The van der Waals surface area contributed by atoms with E-state index in [4.69, 9.17) is 9.47 Å². The number of carbonyl (C=O) groups is 1. The summed E-state index contributed by atoms with van der Waals surface area (Å²) in [6, 6.07) is 15.3. The van der Waals surface area contributed by atoms with E-state index in [2.05, 4.69) is 11.9 Å². The summed E-state index contributed by atoms with van der Waals surface area (Å²) < 4.78 is 11.2. The molecule has 27 heavy (non-hydrogen) atoms. The lowest BCUT2D eigenvalue weighted by molar-refractivity contribution is -0.116. The molecule has 0 radical (unpaired) electrons. The minimum atomic E-state index is -0.448.